The first-order chi connectivity index (χ1) is 7.70. The molecule has 0 amide bonds. The van der Waals surface area contributed by atoms with Gasteiger partial charge in [-0.05, 0) is 18.3 Å². The van der Waals surface area contributed by atoms with Crippen LogP contribution in [0.4, 0.5) is 0 Å². The Hall–Kier alpha value is -0.130. The zero-order valence-electron chi connectivity index (χ0n) is 11.6. The highest BCUT2D eigenvalue weighted by Gasteiger charge is 2.20. The van der Waals surface area contributed by atoms with Gasteiger partial charge in [0.2, 0.25) is 10.0 Å². The molecule has 0 aromatic carbocycles. The van der Waals surface area contributed by atoms with Gasteiger partial charge in [-0.3, -0.25) is 0 Å². The van der Waals surface area contributed by atoms with Crippen LogP contribution in [-0.2, 0) is 10.0 Å². The molecule has 5 heteroatoms. The monoisotopic (exact) mass is 264 g/mol. The summed E-state index contributed by atoms with van der Waals surface area (Å²) in [6.45, 7) is 8.58. The van der Waals surface area contributed by atoms with Crippen molar-refractivity contribution in [3.63, 3.8) is 0 Å². The van der Waals surface area contributed by atoms with E-state index in [0.29, 0.717) is 13.0 Å². The number of hydrogen-bond acceptors (Lipinski definition) is 3. The molecule has 0 rings (SSSR count). The first kappa shape index (κ1) is 16.9. The van der Waals surface area contributed by atoms with Crippen LogP contribution in [0.5, 0.6) is 0 Å². The van der Waals surface area contributed by atoms with Crippen LogP contribution in [0.15, 0.2) is 0 Å². The largest absolute Gasteiger partial charge is 0.329 e. The van der Waals surface area contributed by atoms with Crippen molar-refractivity contribution >= 4 is 10.0 Å². The molecule has 104 valence electrons. The van der Waals surface area contributed by atoms with Crippen LogP contribution in [0, 0.1) is 5.41 Å². The van der Waals surface area contributed by atoms with Crippen molar-refractivity contribution < 1.29 is 8.42 Å². The lowest BCUT2D eigenvalue weighted by molar-refractivity contribution is 0.395. The molecule has 0 heterocycles. The van der Waals surface area contributed by atoms with E-state index in [1.807, 2.05) is 20.8 Å². The Kier molecular flexibility index (Phi) is 7.28. The molecule has 0 aliphatic carbocycles. The van der Waals surface area contributed by atoms with Gasteiger partial charge in [-0.15, -0.1) is 0 Å². The van der Waals surface area contributed by atoms with Gasteiger partial charge >= 0.3 is 0 Å². The van der Waals surface area contributed by atoms with Crippen LogP contribution >= 0.6 is 0 Å². The predicted molar refractivity (Wildman–Crippen MR) is 73.4 cm³/mol. The molecule has 0 saturated carbocycles. The minimum atomic E-state index is -3.19. The minimum Gasteiger partial charge on any atom is -0.329 e. The Labute approximate surface area is 106 Å². The number of sulfonamides is 1. The maximum Gasteiger partial charge on any atom is 0.211 e. The van der Waals surface area contributed by atoms with Crippen molar-refractivity contribution in [2.24, 2.45) is 11.1 Å². The highest BCUT2D eigenvalue weighted by atomic mass is 32.2. The topological polar surface area (TPSA) is 72.2 Å². The molecule has 4 nitrogen and oxygen atoms in total. The summed E-state index contributed by atoms with van der Waals surface area (Å²) >= 11 is 0. The Bertz CT molecular complexity index is 294. The summed E-state index contributed by atoms with van der Waals surface area (Å²) in [5, 5.41) is 0. The maximum absolute atomic E-state index is 11.8. The molecule has 0 bridgehead atoms. The molecule has 0 fully saturated rings. The summed E-state index contributed by atoms with van der Waals surface area (Å²) < 4.78 is 26.4. The van der Waals surface area contributed by atoms with Gasteiger partial charge in [-0.25, -0.2) is 13.1 Å². The third-order valence-corrected chi connectivity index (χ3v) is 4.09. The summed E-state index contributed by atoms with van der Waals surface area (Å²) in [4.78, 5) is 0. The van der Waals surface area contributed by atoms with E-state index in [9.17, 15) is 8.42 Å². The normalized spacial score (nSPS) is 14.9. The second kappa shape index (κ2) is 7.34. The van der Waals surface area contributed by atoms with Gasteiger partial charge < -0.3 is 5.73 Å². The van der Waals surface area contributed by atoms with Crippen molar-refractivity contribution in [2.45, 2.75) is 59.4 Å². The quantitative estimate of drug-likeness (QED) is 0.703. The van der Waals surface area contributed by atoms with E-state index in [4.69, 9.17) is 5.73 Å². The van der Waals surface area contributed by atoms with Crippen molar-refractivity contribution in [3.05, 3.63) is 0 Å². The molecule has 0 aliphatic rings. The number of nitrogens with one attached hydrogen (secondary N) is 1. The van der Waals surface area contributed by atoms with Crippen molar-refractivity contribution in [3.8, 4) is 0 Å². The summed E-state index contributed by atoms with van der Waals surface area (Å²) in [5.41, 5.74) is 5.61. The van der Waals surface area contributed by atoms with E-state index in [1.54, 1.807) is 0 Å². The molecule has 17 heavy (non-hydrogen) atoms. The zero-order valence-corrected chi connectivity index (χ0v) is 12.4. The molecule has 0 aliphatic heterocycles. The van der Waals surface area contributed by atoms with Crippen LogP contribution in [-0.4, -0.2) is 26.8 Å². The second-order valence-electron chi connectivity index (χ2n) is 5.82. The Morgan fingerprint density at radius 1 is 1.29 bits per heavy atom. The highest BCUT2D eigenvalue weighted by molar-refractivity contribution is 7.89. The van der Waals surface area contributed by atoms with Gasteiger partial charge in [0.25, 0.3) is 0 Å². The first-order valence-corrected chi connectivity index (χ1v) is 8.05. The third-order valence-electron chi connectivity index (χ3n) is 2.66. The van der Waals surface area contributed by atoms with E-state index < -0.39 is 10.0 Å². The average Bonchev–Trinajstić information content (AvgIpc) is 2.20. The summed E-state index contributed by atoms with van der Waals surface area (Å²) in [5.74, 6) is 0.180. The molecule has 0 aromatic heterocycles. The Morgan fingerprint density at radius 2 is 1.88 bits per heavy atom. The zero-order chi connectivity index (χ0) is 13.5. The van der Waals surface area contributed by atoms with Crippen LogP contribution < -0.4 is 10.5 Å². The third kappa shape index (κ3) is 9.56. The van der Waals surface area contributed by atoms with Crippen LogP contribution in [0.1, 0.15) is 53.4 Å². The average molecular weight is 264 g/mol. The number of hydrogen-bond donors (Lipinski definition) is 2. The van der Waals surface area contributed by atoms with Gasteiger partial charge in [0.1, 0.15) is 0 Å². The van der Waals surface area contributed by atoms with E-state index in [2.05, 4.69) is 11.6 Å². The van der Waals surface area contributed by atoms with E-state index in [1.165, 1.54) is 0 Å². The fourth-order valence-corrected chi connectivity index (χ4v) is 3.15. The minimum absolute atomic E-state index is 0.0381. The predicted octanol–water partition coefficient (Wildman–Crippen LogP) is 1.86. The fourth-order valence-electron chi connectivity index (χ4n) is 1.43. The summed E-state index contributed by atoms with van der Waals surface area (Å²) in [6.07, 6.45) is 3.54. The lowest BCUT2D eigenvalue weighted by Gasteiger charge is -2.20. The summed E-state index contributed by atoms with van der Waals surface area (Å²) in [6, 6.07) is -0.111. The van der Waals surface area contributed by atoms with Gasteiger partial charge in [-0.2, -0.15) is 0 Å². The molecule has 0 aromatic rings. The lowest BCUT2D eigenvalue weighted by atomic mass is 9.94. The van der Waals surface area contributed by atoms with Crippen LogP contribution in [0.2, 0.25) is 0 Å². The van der Waals surface area contributed by atoms with Crippen LogP contribution in [0.3, 0.4) is 0 Å². The van der Waals surface area contributed by atoms with Gasteiger partial charge in [0, 0.05) is 12.6 Å². The van der Waals surface area contributed by atoms with Crippen molar-refractivity contribution in [1.29, 1.82) is 0 Å². The lowest BCUT2D eigenvalue weighted by Crippen LogP contribution is -2.41. The number of nitrogens with two attached hydrogens (primary N) is 1. The molecule has 1 atom stereocenters. The standard InChI is InChI=1S/C12H28N2O2S/c1-5-6-7-11(10-13)14-17(15,16)9-8-12(2,3)4/h11,14H,5-10,13H2,1-4H3. The van der Waals surface area contributed by atoms with Crippen molar-refractivity contribution in [2.75, 3.05) is 12.3 Å². The highest BCUT2D eigenvalue weighted by Crippen LogP contribution is 2.19. The van der Waals surface area contributed by atoms with Gasteiger partial charge in [-0.1, -0.05) is 40.5 Å². The molecule has 1 unspecified atom stereocenters. The fraction of sp³-hybridized carbons (Fsp3) is 1.00. The molecule has 0 saturated heterocycles. The SMILES string of the molecule is CCCCC(CN)NS(=O)(=O)CCC(C)(C)C. The van der Waals surface area contributed by atoms with E-state index in [0.717, 1.165) is 19.3 Å². The summed E-state index contributed by atoms with van der Waals surface area (Å²) in [7, 11) is -3.19. The van der Waals surface area contributed by atoms with E-state index >= 15 is 0 Å². The second-order valence-corrected chi connectivity index (χ2v) is 7.70. The molecular weight excluding hydrogens is 236 g/mol. The van der Waals surface area contributed by atoms with Crippen molar-refractivity contribution in [1.82, 2.24) is 4.72 Å². The number of rotatable bonds is 8. The maximum atomic E-state index is 11.8. The van der Waals surface area contributed by atoms with Gasteiger partial charge in [0.05, 0.1) is 5.75 Å². The number of unbranched alkanes of at least 4 members (excludes halogenated alkanes) is 1. The molecule has 0 spiro atoms. The molecule has 3 N–H and O–H groups in total. The van der Waals surface area contributed by atoms with E-state index in [-0.39, 0.29) is 17.2 Å². The van der Waals surface area contributed by atoms with Gasteiger partial charge in [0.15, 0.2) is 0 Å². The molecular formula is C12H28N2O2S. The Morgan fingerprint density at radius 3 is 2.29 bits per heavy atom. The Balaban J connectivity index is 4.22. The smallest absolute Gasteiger partial charge is 0.211 e. The molecule has 0 radical (unpaired) electrons. The van der Waals surface area contributed by atoms with Crippen LogP contribution in [0.25, 0.3) is 0 Å². The first-order valence-electron chi connectivity index (χ1n) is 6.40.